The summed E-state index contributed by atoms with van der Waals surface area (Å²) in [6, 6.07) is 14.2. The van der Waals surface area contributed by atoms with Crippen LogP contribution in [0.4, 0.5) is 5.13 Å². The van der Waals surface area contributed by atoms with Gasteiger partial charge in [-0.05, 0) is 24.6 Å². The molecule has 8 nitrogen and oxygen atoms in total. The zero-order valence-electron chi connectivity index (χ0n) is 15.8. The summed E-state index contributed by atoms with van der Waals surface area (Å²) in [5.41, 5.74) is 1.63. The first kappa shape index (κ1) is 20.7. The maximum atomic E-state index is 12.5. The predicted octanol–water partition coefficient (Wildman–Crippen LogP) is 2.85. The number of nitrogens with zero attached hydrogens (tertiary/aromatic N) is 2. The van der Waals surface area contributed by atoms with Crippen molar-refractivity contribution >= 4 is 32.2 Å². The van der Waals surface area contributed by atoms with E-state index in [2.05, 4.69) is 15.5 Å². The third kappa shape index (κ3) is 5.52. The largest absolute Gasteiger partial charge is 0.493 e. The Morgan fingerprint density at radius 1 is 1.10 bits per heavy atom. The number of carbonyl (C=O) groups excluding carboxylic acids is 1. The van der Waals surface area contributed by atoms with Gasteiger partial charge in [-0.25, -0.2) is 8.42 Å². The summed E-state index contributed by atoms with van der Waals surface area (Å²) < 4.78 is 35.5. The molecule has 1 heterocycles. The maximum Gasteiger partial charge on any atom is 0.264 e. The molecule has 0 aliphatic rings. The smallest absolute Gasteiger partial charge is 0.264 e. The number of nitrogens with one attached hydrogen (secondary N) is 1. The molecule has 3 aromatic rings. The number of hydrogen-bond acceptors (Lipinski definition) is 8. The number of aryl methyl sites for hydroxylation is 1. The molecule has 2 aromatic carbocycles. The number of sulfone groups is 1. The van der Waals surface area contributed by atoms with Gasteiger partial charge in [-0.1, -0.05) is 53.3 Å². The van der Waals surface area contributed by atoms with Crippen molar-refractivity contribution < 1.29 is 22.7 Å². The van der Waals surface area contributed by atoms with E-state index in [1.54, 1.807) is 42.5 Å². The first-order valence-electron chi connectivity index (χ1n) is 8.55. The summed E-state index contributed by atoms with van der Waals surface area (Å²) in [6.07, 6.45) is 0. The minimum Gasteiger partial charge on any atom is -0.493 e. The average Bonchev–Trinajstić information content (AvgIpc) is 3.16. The zero-order valence-corrected chi connectivity index (χ0v) is 17.4. The Morgan fingerprint density at radius 3 is 2.59 bits per heavy atom. The highest BCUT2D eigenvalue weighted by Gasteiger charge is 2.22. The standard InChI is InChI=1S/C19H19N3O5S2/c1-13-6-5-7-14(10-13)12-29(24,25)19-22-21-18(28-19)20-17(23)11-27-16-9-4-3-8-15(16)26-2/h3-10H,11-12H2,1-2H3,(H,20,21,23). The number of amides is 1. The van der Waals surface area contributed by atoms with Crippen molar-refractivity contribution in [2.75, 3.05) is 19.0 Å². The van der Waals surface area contributed by atoms with Crippen molar-refractivity contribution in [3.05, 3.63) is 59.7 Å². The van der Waals surface area contributed by atoms with Crippen LogP contribution >= 0.6 is 11.3 Å². The van der Waals surface area contributed by atoms with E-state index in [-0.39, 0.29) is 21.8 Å². The van der Waals surface area contributed by atoms with Crippen LogP contribution in [-0.2, 0) is 20.4 Å². The summed E-state index contributed by atoms with van der Waals surface area (Å²) in [4.78, 5) is 12.1. The van der Waals surface area contributed by atoms with E-state index in [4.69, 9.17) is 9.47 Å². The normalized spacial score (nSPS) is 11.1. The molecule has 152 valence electrons. The van der Waals surface area contributed by atoms with Crippen LogP contribution in [-0.4, -0.2) is 38.2 Å². The van der Waals surface area contributed by atoms with Crippen LogP contribution in [0.5, 0.6) is 11.5 Å². The Balaban J connectivity index is 1.61. The highest BCUT2D eigenvalue weighted by atomic mass is 32.2. The van der Waals surface area contributed by atoms with Crippen LogP contribution in [0, 0.1) is 6.92 Å². The van der Waals surface area contributed by atoms with Crippen LogP contribution in [0.1, 0.15) is 11.1 Å². The summed E-state index contributed by atoms with van der Waals surface area (Å²) >= 11 is 0.799. The number of benzene rings is 2. The molecule has 0 fully saturated rings. The van der Waals surface area contributed by atoms with Crippen LogP contribution < -0.4 is 14.8 Å². The first-order chi connectivity index (χ1) is 13.9. The zero-order chi connectivity index (χ0) is 20.9. The molecular weight excluding hydrogens is 414 g/mol. The van der Waals surface area contributed by atoms with Gasteiger partial charge < -0.3 is 9.47 Å². The SMILES string of the molecule is COc1ccccc1OCC(=O)Nc1nnc(S(=O)(=O)Cc2cccc(C)c2)s1. The fourth-order valence-electron chi connectivity index (χ4n) is 2.51. The molecular formula is C19H19N3O5S2. The second kappa shape index (κ2) is 9.01. The van der Waals surface area contributed by atoms with Crippen molar-refractivity contribution in [2.24, 2.45) is 0 Å². The number of ether oxygens (including phenoxy) is 2. The molecule has 0 aliphatic carbocycles. The summed E-state index contributed by atoms with van der Waals surface area (Å²) in [5, 5.41) is 10.0. The highest BCUT2D eigenvalue weighted by molar-refractivity contribution is 7.92. The number of aromatic nitrogens is 2. The lowest BCUT2D eigenvalue weighted by molar-refractivity contribution is -0.118. The minimum absolute atomic E-state index is 0.0847. The Morgan fingerprint density at radius 2 is 1.86 bits per heavy atom. The molecule has 0 saturated heterocycles. The van der Waals surface area contributed by atoms with Crippen molar-refractivity contribution in [3.8, 4) is 11.5 Å². The summed E-state index contributed by atoms with van der Waals surface area (Å²) in [7, 11) is -2.16. The first-order valence-corrected chi connectivity index (χ1v) is 11.0. The third-order valence-corrected chi connectivity index (χ3v) is 6.76. The molecule has 29 heavy (non-hydrogen) atoms. The van der Waals surface area contributed by atoms with Gasteiger partial charge in [0.15, 0.2) is 18.1 Å². The lowest BCUT2D eigenvalue weighted by Gasteiger charge is -2.09. The monoisotopic (exact) mass is 433 g/mol. The Kier molecular flexibility index (Phi) is 6.45. The number of anilines is 1. The molecule has 1 aromatic heterocycles. The second-order valence-electron chi connectivity index (χ2n) is 6.11. The summed E-state index contributed by atoms with van der Waals surface area (Å²) in [6.45, 7) is 1.60. The van der Waals surface area contributed by atoms with E-state index >= 15 is 0 Å². The van der Waals surface area contributed by atoms with Gasteiger partial charge in [0.1, 0.15) is 0 Å². The van der Waals surface area contributed by atoms with E-state index in [9.17, 15) is 13.2 Å². The lowest BCUT2D eigenvalue weighted by Crippen LogP contribution is -2.20. The molecule has 0 unspecified atom stereocenters. The molecule has 0 saturated carbocycles. The molecule has 0 radical (unpaired) electrons. The quantitative estimate of drug-likeness (QED) is 0.544. The Labute approximate surface area is 172 Å². The Bertz CT molecular complexity index is 1110. The van der Waals surface area contributed by atoms with Crippen LogP contribution in [0.25, 0.3) is 0 Å². The molecule has 10 heteroatoms. The molecule has 0 bridgehead atoms. The highest BCUT2D eigenvalue weighted by Crippen LogP contribution is 2.26. The number of para-hydroxylation sites is 2. The molecule has 3 rings (SSSR count). The van der Waals surface area contributed by atoms with Crippen molar-refractivity contribution in [3.63, 3.8) is 0 Å². The fourth-order valence-corrected chi connectivity index (χ4v) is 4.83. The second-order valence-corrected chi connectivity index (χ2v) is 9.25. The number of carbonyl (C=O) groups is 1. The van der Waals surface area contributed by atoms with E-state index in [1.807, 2.05) is 13.0 Å². The van der Waals surface area contributed by atoms with Gasteiger partial charge >= 0.3 is 0 Å². The molecule has 0 aliphatic heterocycles. The molecule has 0 spiro atoms. The number of methoxy groups -OCH3 is 1. The van der Waals surface area contributed by atoms with Gasteiger partial charge in [0.2, 0.25) is 19.3 Å². The van der Waals surface area contributed by atoms with Crippen molar-refractivity contribution in [1.82, 2.24) is 10.2 Å². The van der Waals surface area contributed by atoms with Gasteiger partial charge in [0.05, 0.1) is 12.9 Å². The maximum absolute atomic E-state index is 12.5. The van der Waals surface area contributed by atoms with Gasteiger partial charge in [0.25, 0.3) is 5.91 Å². The van der Waals surface area contributed by atoms with Crippen LogP contribution in [0.15, 0.2) is 52.9 Å². The van der Waals surface area contributed by atoms with Gasteiger partial charge in [-0.2, -0.15) is 0 Å². The van der Waals surface area contributed by atoms with E-state index in [0.29, 0.717) is 17.1 Å². The van der Waals surface area contributed by atoms with E-state index < -0.39 is 15.7 Å². The van der Waals surface area contributed by atoms with Crippen LogP contribution in [0.2, 0.25) is 0 Å². The van der Waals surface area contributed by atoms with Crippen molar-refractivity contribution in [2.45, 2.75) is 17.0 Å². The predicted molar refractivity (Wildman–Crippen MR) is 109 cm³/mol. The van der Waals surface area contributed by atoms with Crippen molar-refractivity contribution in [1.29, 1.82) is 0 Å². The summed E-state index contributed by atoms with van der Waals surface area (Å²) in [5.74, 6) is 0.244. The minimum atomic E-state index is -3.66. The third-order valence-electron chi connectivity index (χ3n) is 3.79. The lowest BCUT2D eigenvalue weighted by atomic mass is 10.2. The van der Waals surface area contributed by atoms with E-state index in [1.165, 1.54) is 7.11 Å². The molecule has 1 N–H and O–H groups in total. The number of rotatable bonds is 8. The molecule has 0 atom stereocenters. The number of hydrogen-bond donors (Lipinski definition) is 1. The van der Waals surface area contributed by atoms with Crippen LogP contribution in [0.3, 0.4) is 0 Å². The average molecular weight is 434 g/mol. The van der Waals surface area contributed by atoms with Gasteiger partial charge in [-0.15, -0.1) is 10.2 Å². The van der Waals surface area contributed by atoms with Gasteiger partial charge in [-0.3, -0.25) is 10.1 Å². The van der Waals surface area contributed by atoms with E-state index in [0.717, 1.165) is 16.9 Å². The topological polar surface area (TPSA) is 107 Å². The van der Waals surface area contributed by atoms with Gasteiger partial charge in [0, 0.05) is 0 Å². The fraction of sp³-hybridized carbons (Fsp3) is 0.211. The molecule has 1 amide bonds. The Hall–Kier alpha value is -2.98.